The molecule has 2 aromatic rings. The predicted octanol–water partition coefficient (Wildman–Crippen LogP) is 2.20. The highest BCUT2D eigenvalue weighted by atomic mass is 15.1. The molecule has 0 bridgehead atoms. The van der Waals surface area contributed by atoms with E-state index < -0.39 is 0 Å². The van der Waals surface area contributed by atoms with Crippen molar-refractivity contribution >= 4 is 17.6 Å². The number of hydrogen-bond acceptors (Lipinski definition) is 6. The van der Waals surface area contributed by atoms with Crippen molar-refractivity contribution in [1.29, 1.82) is 0 Å². The highest BCUT2D eigenvalue weighted by Gasteiger charge is 2.03. The summed E-state index contributed by atoms with van der Waals surface area (Å²) in [4.78, 5) is 12.4. The fourth-order valence-electron chi connectivity index (χ4n) is 1.79. The van der Waals surface area contributed by atoms with Crippen molar-refractivity contribution in [3.05, 3.63) is 35.7 Å². The van der Waals surface area contributed by atoms with Crippen LogP contribution in [0.15, 0.2) is 24.5 Å². The average molecular weight is 272 g/mol. The molecule has 6 heteroatoms. The van der Waals surface area contributed by atoms with Gasteiger partial charge in [-0.2, -0.15) is 9.97 Å². The van der Waals surface area contributed by atoms with Crippen molar-refractivity contribution in [3.63, 3.8) is 0 Å². The fraction of sp³-hybridized carbons (Fsp3) is 0.357. The van der Waals surface area contributed by atoms with Gasteiger partial charge < -0.3 is 16.4 Å². The van der Waals surface area contributed by atoms with Gasteiger partial charge >= 0.3 is 0 Å². The number of rotatable bonds is 6. The van der Waals surface area contributed by atoms with Crippen LogP contribution in [0.5, 0.6) is 0 Å². The van der Waals surface area contributed by atoms with Gasteiger partial charge in [0.15, 0.2) is 0 Å². The molecule has 106 valence electrons. The monoisotopic (exact) mass is 272 g/mol. The maximum Gasteiger partial charge on any atom is 0.223 e. The Labute approximate surface area is 118 Å². The number of anilines is 3. The Morgan fingerprint density at radius 1 is 1.20 bits per heavy atom. The highest BCUT2D eigenvalue weighted by molar-refractivity contribution is 5.51. The van der Waals surface area contributed by atoms with Crippen molar-refractivity contribution in [1.82, 2.24) is 15.0 Å². The molecule has 6 nitrogen and oxygen atoms in total. The first-order chi connectivity index (χ1) is 9.69. The van der Waals surface area contributed by atoms with Gasteiger partial charge in [0, 0.05) is 31.5 Å². The van der Waals surface area contributed by atoms with Crippen LogP contribution in [0.2, 0.25) is 0 Å². The molecule has 0 aliphatic heterocycles. The summed E-state index contributed by atoms with van der Waals surface area (Å²) in [5, 5.41) is 6.46. The smallest absolute Gasteiger partial charge is 0.223 e. The van der Waals surface area contributed by atoms with Gasteiger partial charge in [0.25, 0.3) is 0 Å². The molecular formula is C14H20N6. The molecule has 0 fully saturated rings. The average Bonchev–Trinajstić information content (AvgIpc) is 2.44. The van der Waals surface area contributed by atoms with E-state index in [1.807, 2.05) is 25.3 Å². The minimum absolute atomic E-state index is 0.264. The maximum atomic E-state index is 5.72. The van der Waals surface area contributed by atoms with E-state index in [0.29, 0.717) is 12.4 Å². The second-order valence-corrected chi connectivity index (χ2v) is 4.58. The largest absolute Gasteiger partial charge is 0.370 e. The highest BCUT2D eigenvalue weighted by Crippen LogP contribution is 2.14. The van der Waals surface area contributed by atoms with Crippen LogP contribution in [-0.4, -0.2) is 21.5 Å². The van der Waals surface area contributed by atoms with E-state index in [2.05, 4.69) is 32.5 Å². The van der Waals surface area contributed by atoms with Gasteiger partial charge in [-0.25, -0.2) is 0 Å². The number of nitrogen functional groups attached to an aromatic ring is 1. The second-order valence-electron chi connectivity index (χ2n) is 4.58. The summed E-state index contributed by atoms with van der Waals surface area (Å²) in [6.07, 6.45) is 4.66. The van der Waals surface area contributed by atoms with E-state index in [9.17, 15) is 0 Å². The molecule has 0 unspecified atom stereocenters. The normalized spacial score (nSPS) is 10.3. The van der Waals surface area contributed by atoms with E-state index in [1.165, 1.54) is 5.56 Å². The van der Waals surface area contributed by atoms with E-state index in [4.69, 9.17) is 5.73 Å². The number of nitrogens with zero attached hydrogens (tertiary/aromatic N) is 3. The summed E-state index contributed by atoms with van der Waals surface area (Å²) in [6, 6.07) is 3.85. The van der Waals surface area contributed by atoms with Gasteiger partial charge in [-0.3, -0.25) is 4.98 Å². The Balaban J connectivity index is 2.05. The van der Waals surface area contributed by atoms with Crippen LogP contribution in [0, 0.1) is 6.92 Å². The first-order valence-corrected chi connectivity index (χ1v) is 6.71. The molecule has 0 aliphatic rings. The predicted molar refractivity (Wildman–Crippen MR) is 81.5 cm³/mol. The topological polar surface area (TPSA) is 88.8 Å². The molecular weight excluding hydrogens is 252 g/mol. The lowest BCUT2D eigenvalue weighted by molar-refractivity contribution is 0.965. The summed E-state index contributed by atoms with van der Waals surface area (Å²) < 4.78 is 0. The number of hydrogen-bond donors (Lipinski definition) is 3. The Hall–Kier alpha value is -2.37. The van der Waals surface area contributed by atoms with Crippen LogP contribution >= 0.6 is 0 Å². The number of nitrogens with two attached hydrogens (primary N) is 1. The van der Waals surface area contributed by atoms with E-state index in [-0.39, 0.29) is 5.95 Å². The molecule has 0 saturated carbocycles. The van der Waals surface area contributed by atoms with Crippen molar-refractivity contribution in [2.75, 3.05) is 22.9 Å². The third-order valence-electron chi connectivity index (χ3n) is 2.90. The zero-order valence-corrected chi connectivity index (χ0v) is 11.8. The Kier molecular flexibility index (Phi) is 4.70. The lowest BCUT2D eigenvalue weighted by Crippen LogP contribution is -2.09. The van der Waals surface area contributed by atoms with Crippen molar-refractivity contribution < 1.29 is 0 Å². The summed E-state index contributed by atoms with van der Waals surface area (Å²) in [5.74, 6) is 1.72. The summed E-state index contributed by atoms with van der Waals surface area (Å²) in [7, 11) is 0. The van der Waals surface area contributed by atoms with Crippen molar-refractivity contribution in [2.45, 2.75) is 26.8 Å². The van der Waals surface area contributed by atoms with Crippen molar-refractivity contribution in [3.8, 4) is 0 Å². The molecule has 0 radical (unpaired) electrons. The first-order valence-electron chi connectivity index (χ1n) is 6.71. The van der Waals surface area contributed by atoms with Crippen LogP contribution in [0.4, 0.5) is 17.6 Å². The lowest BCUT2D eigenvalue weighted by Gasteiger charge is -2.10. The van der Waals surface area contributed by atoms with Gasteiger partial charge in [-0.1, -0.05) is 6.92 Å². The van der Waals surface area contributed by atoms with Gasteiger partial charge in [0.2, 0.25) is 5.95 Å². The van der Waals surface area contributed by atoms with Crippen LogP contribution in [0.25, 0.3) is 0 Å². The number of aromatic nitrogens is 3. The minimum Gasteiger partial charge on any atom is -0.370 e. The van der Waals surface area contributed by atoms with Crippen LogP contribution in [-0.2, 0) is 6.54 Å². The number of aryl methyl sites for hydroxylation is 1. The van der Waals surface area contributed by atoms with E-state index >= 15 is 0 Å². The van der Waals surface area contributed by atoms with Crippen LogP contribution in [0.1, 0.15) is 24.5 Å². The molecule has 0 aromatic carbocycles. The Bertz CT molecular complexity index is 569. The summed E-state index contributed by atoms with van der Waals surface area (Å²) in [5.41, 5.74) is 8.04. The quantitative estimate of drug-likeness (QED) is 0.747. The van der Waals surface area contributed by atoms with E-state index in [1.54, 1.807) is 6.20 Å². The zero-order valence-electron chi connectivity index (χ0n) is 11.8. The van der Waals surface area contributed by atoms with Crippen LogP contribution in [0.3, 0.4) is 0 Å². The standard InChI is InChI=1S/C14H20N6/c1-3-5-17-12-7-13(20-14(15)19-12)18-9-11-4-6-16-8-10(11)2/h4,6-8H,3,5,9H2,1-2H3,(H4,15,17,18,19,20). The zero-order chi connectivity index (χ0) is 14.4. The summed E-state index contributed by atoms with van der Waals surface area (Å²) >= 11 is 0. The maximum absolute atomic E-state index is 5.72. The Morgan fingerprint density at radius 3 is 2.65 bits per heavy atom. The van der Waals surface area contributed by atoms with E-state index in [0.717, 1.165) is 24.3 Å². The number of pyridine rings is 1. The van der Waals surface area contributed by atoms with Gasteiger partial charge in [0.1, 0.15) is 11.6 Å². The molecule has 4 N–H and O–H groups in total. The molecule has 20 heavy (non-hydrogen) atoms. The summed E-state index contributed by atoms with van der Waals surface area (Å²) in [6.45, 7) is 5.67. The molecule has 2 heterocycles. The molecule has 0 atom stereocenters. The lowest BCUT2D eigenvalue weighted by atomic mass is 10.1. The van der Waals surface area contributed by atoms with Crippen LogP contribution < -0.4 is 16.4 Å². The second kappa shape index (κ2) is 6.70. The molecule has 0 amide bonds. The van der Waals surface area contributed by atoms with Gasteiger partial charge in [-0.05, 0) is 30.5 Å². The first kappa shape index (κ1) is 14.0. The minimum atomic E-state index is 0.264. The third kappa shape index (κ3) is 3.81. The molecule has 0 spiro atoms. The fourth-order valence-corrected chi connectivity index (χ4v) is 1.79. The molecule has 2 rings (SSSR count). The van der Waals surface area contributed by atoms with Crippen molar-refractivity contribution in [2.24, 2.45) is 0 Å². The molecule has 0 saturated heterocycles. The molecule has 2 aromatic heterocycles. The number of nitrogens with one attached hydrogen (secondary N) is 2. The third-order valence-corrected chi connectivity index (χ3v) is 2.90. The SMILES string of the molecule is CCCNc1cc(NCc2ccncc2C)nc(N)n1. The molecule has 0 aliphatic carbocycles. The Morgan fingerprint density at radius 2 is 1.95 bits per heavy atom. The van der Waals surface area contributed by atoms with Gasteiger partial charge in [0.05, 0.1) is 0 Å². The van der Waals surface area contributed by atoms with Gasteiger partial charge in [-0.15, -0.1) is 0 Å².